The van der Waals surface area contributed by atoms with Gasteiger partial charge in [-0.05, 0) is 24.3 Å². The number of carbonyl (C=O) groups excluding carboxylic acids is 1. The van der Waals surface area contributed by atoms with Gasteiger partial charge in [0, 0.05) is 29.6 Å². The molecule has 2 N–H and O–H groups in total. The first-order chi connectivity index (χ1) is 12.4. The Morgan fingerprint density at radius 1 is 1.31 bits per heavy atom. The van der Waals surface area contributed by atoms with Crippen LogP contribution < -0.4 is 15.4 Å². The molecule has 8 heteroatoms. The summed E-state index contributed by atoms with van der Waals surface area (Å²) in [6.07, 6.45) is 0.0245. The number of hydrogen-bond donors (Lipinski definition) is 2. The second-order valence-electron chi connectivity index (χ2n) is 5.32. The van der Waals surface area contributed by atoms with Crippen molar-refractivity contribution in [2.75, 3.05) is 19.0 Å². The van der Waals surface area contributed by atoms with Gasteiger partial charge in [0.2, 0.25) is 5.91 Å². The van der Waals surface area contributed by atoms with Gasteiger partial charge in [0.25, 0.3) is 0 Å². The van der Waals surface area contributed by atoms with E-state index in [1.54, 1.807) is 24.3 Å². The molecule has 5 nitrogen and oxygen atoms in total. The molecule has 0 aromatic heterocycles. The molecule has 0 heterocycles. The topological polar surface area (TPSA) is 74.2 Å². The minimum absolute atomic E-state index is 0.0245. The van der Waals surface area contributed by atoms with Crippen molar-refractivity contribution >= 4 is 23.2 Å². The van der Waals surface area contributed by atoms with Crippen molar-refractivity contribution in [1.82, 2.24) is 5.32 Å². The van der Waals surface area contributed by atoms with E-state index in [-0.39, 0.29) is 18.5 Å². The van der Waals surface area contributed by atoms with Crippen LogP contribution >= 0.6 is 11.6 Å². The molecule has 0 saturated heterocycles. The number of methoxy groups -OCH3 is 1. The average Bonchev–Trinajstić information content (AvgIpc) is 2.60. The number of hydrogen-bond acceptors (Lipinski definition) is 4. The molecule has 0 spiro atoms. The standard InChI is InChI=1S/C18H16ClF2N3O2/c1-26-17-5-2-11(19)8-15(17)23-7-6-18(25)24-16(10-22)13-4-3-12(20)9-14(13)21/h2-5,8-9,16,23H,6-7H2,1H3,(H,24,25)/t16-/m1/s1. The lowest BCUT2D eigenvalue weighted by atomic mass is 10.1. The van der Waals surface area contributed by atoms with Gasteiger partial charge in [-0.3, -0.25) is 4.79 Å². The first-order valence-corrected chi connectivity index (χ1v) is 8.03. The van der Waals surface area contributed by atoms with Crippen molar-refractivity contribution in [3.05, 3.63) is 58.6 Å². The van der Waals surface area contributed by atoms with Crippen molar-refractivity contribution in [1.29, 1.82) is 5.26 Å². The van der Waals surface area contributed by atoms with Crippen LogP contribution in [-0.2, 0) is 4.79 Å². The van der Waals surface area contributed by atoms with Gasteiger partial charge >= 0.3 is 0 Å². The number of nitrogens with one attached hydrogen (secondary N) is 2. The summed E-state index contributed by atoms with van der Waals surface area (Å²) in [4.78, 5) is 12.0. The molecule has 26 heavy (non-hydrogen) atoms. The fourth-order valence-corrected chi connectivity index (χ4v) is 2.45. The van der Waals surface area contributed by atoms with Gasteiger partial charge in [-0.15, -0.1) is 0 Å². The van der Waals surface area contributed by atoms with Gasteiger partial charge in [-0.2, -0.15) is 5.26 Å². The van der Waals surface area contributed by atoms with E-state index in [0.29, 0.717) is 22.5 Å². The summed E-state index contributed by atoms with van der Waals surface area (Å²) in [6, 6.07) is 8.43. The van der Waals surface area contributed by atoms with Gasteiger partial charge in [0.05, 0.1) is 18.9 Å². The number of amides is 1. The molecule has 1 atom stereocenters. The third kappa shape index (κ3) is 5.07. The van der Waals surface area contributed by atoms with E-state index in [0.717, 1.165) is 12.1 Å². The molecule has 0 fully saturated rings. The molecule has 2 rings (SSSR count). The zero-order chi connectivity index (χ0) is 19.1. The van der Waals surface area contributed by atoms with Crippen molar-refractivity contribution in [3.8, 4) is 11.8 Å². The monoisotopic (exact) mass is 379 g/mol. The van der Waals surface area contributed by atoms with E-state index in [9.17, 15) is 13.6 Å². The van der Waals surface area contributed by atoms with Gasteiger partial charge in [0.1, 0.15) is 23.4 Å². The summed E-state index contributed by atoms with van der Waals surface area (Å²) in [6.45, 7) is 0.243. The smallest absolute Gasteiger partial charge is 0.223 e. The Balaban J connectivity index is 1.94. The molecule has 0 radical (unpaired) electrons. The normalized spacial score (nSPS) is 11.3. The van der Waals surface area contributed by atoms with E-state index < -0.39 is 23.6 Å². The van der Waals surface area contributed by atoms with Crippen LogP contribution in [0.2, 0.25) is 5.02 Å². The third-order valence-electron chi connectivity index (χ3n) is 3.54. The minimum atomic E-state index is -1.20. The number of rotatable bonds is 7. The van der Waals surface area contributed by atoms with Crippen molar-refractivity contribution in [2.24, 2.45) is 0 Å². The maximum atomic E-state index is 13.8. The zero-order valence-corrected chi connectivity index (χ0v) is 14.6. The maximum absolute atomic E-state index is 13.8. The Kier molecular flexibility index (Phi) is 6.75. The highest BCUT2D eigenvalue weighted by Crippen LogP contribution is 2.27. The van der Waals surface area contributed by atoms with E-state index in [1.165, 1.54) is 7.11 Å². The Labute approximate surface area is 154 Å². The second-order valence-corrected chi connectivity index (χ2v) is 5.75. The van der Waals surface area contributed by atoms with Crippen LogP contribution in [0.15, 0.2) is 36.4 Å². The number of benzene rings is 2. The number of nitrogens with zero attached hydrogens (tertiary/aromatic N) is 1. The molecule has 0 unspecified atom stereocenters. The number of ether oxygens (including phenoxy) is 1. The van der Waals surface area contributed by atoms with Crippen molar-refractivity contribution in [3.63, 3.8) is 0 Å². The molecule has 0 aliphatic heterocycles. The molecular weight excluding hydrogens is 364 g/mol. The molecule has 0 aliphatic rings. The van der Waals surface area contributed by atoms with Crippen LogP contribution in [-0.4, -0.2) is 19.6 Å². The van der Waals surface area contributed by atoms with Gasteiger partial charge in [0.15, 0.2) is 0 Å². The van der Waals surface area contributed by atoms with E-state index >= 15 is 0 Å². The molecule has 0 saturated carbocycles. The van der Waals surface area contributed by atoms with E-state index in [1.807, 2.05) is 0 Å². The molecule has 1 amide bonds. The van der Waals surface area contributed by atoms with Crippen LogP contribution in [0.3, 0.4) is 0 Å². The molecular formula is C18H16ClF2N3O2. The lowest BCUT2D eigenvalue weighted by Gasteiger charge is -2.14. The van der Waals surface area contributed by atoms with Gasteiger partial charge in [-0.25, -0.2) is 8.78 Å². The summed E-state index contributed by atoms with van der Waals surface area (Å²) >= 11 is 5.92. The molecule has 2 aromatic rings. The number of nitriles is 1. The largest absolute Gasteiger partial charge is 0.495 e. The Bertz CT molecular complexity index is 840. The molecule has 0 bridgehead atoms. The predicted octanol–water partition coefficient (Wildman–Crippen LogP) is 3.81. The average molecular weight is 380 g/mol. The van der Waals surface area contributed by atoms with Crippen LogP contribution in [0.25, 0.3) is 0 Å². The highest BCUT2D eigenvalue weighted by atomic mass is 35.5. The summed E-state index contributed by atoms with van der Waals surface area (Å²) < 4.78 is 31.9. The van der Waals surface area contributed by atoms with Crippen molar-refractivity contribution in [2.45, 2.75) is 12.5 Å². The minimum Gasteiger partial charge on any atom is -0.495 e. The van der Waals surface area contributed by atoms with E-state index in [4.69, 9.17) is 21.6 Å². The lowest BCUT2D eigenvalue weighted by molar-refractivity contribution is -0.121. The van der Waals surface area contributed by atoms with Crippen LogP contribution in [0, 0.1) is 23.0 Å². The maximum Gasteiger partial charge on any atom is 0.223 e. The molecule has 136 valence electrons. The Morgan fingerprint density at radius 2 is 2.08 bits per heavy atom. The van der Waals surface area contributed by atoms with Crippen LogP contribution in [0.5, 0.6) is 5.75 Å². The first-order valence-electron chi connectivity index (χ1n) is 7.66. The highest BCUT2D eigenvalue weighted by Gasteiger charge is 2.18. The quantitative estimate of drug-likeness (QED) is 0.767. The molecule has 0 aliphatic carbocycles. The summed E-state index contributed by atoms with van der Waals surface area (Å²) in [5.74, 6) is -1.54. The highest BCUT2D eigenvalue weighted by molar-refractivity contribution is 6.30. The number of anilines is 1. The fraction of sp³-hybridized carbons (Fsp3) is 0.222. The van der Waals surface area contributed by atoms with E-state index in [2.05, 4.69) is 10.6 Å². The summed E-state index contributed by atoms with van der Waals surface area (Å²) in [5.41, 5.74) is 0.529. The SMILES string of the molecule is COc1ccc(Cl)cc1NCCC(=O)N[C@H](C#N)c1ccc(F)cc1F. The Hall–Kier alpha value is -2.85. The molecule has 2 aromatic carbocycles. The third-order valence-corrected chi connectivity index (χ3v) is 3.77. The fourth-order valence-electron chi connectivity index (χ4n) is 2.28. The lowest BCUT2D eigenvalue weighted by Crippen LogP contribution is -2.29. The van der Waals surface area contributed by atoms with Crippen LogP contribution in [0.1, 0.15) is 18.0 Å². The first kappa shape index (κ1) is 19.5. The summed E-state index contributed by atoms with van der Waals surface area (Å²) in [7, 11) is 1.51. The number of carbonyl (C=O) groups is 1. The summed E-state index contributed by atoms with van der Waals surface area (Å²) in [5, 5.41) is 15.1. The van der Waals surface area contributed by atoms with Crippen molar-refractivity contribution < 1.29 is 18.3 Å². The zero-order valence-electron chi connectivity index (χ0n) is 13.9. The predicted molar refractivity (Wildman–Crippen MR) is 94.0 cm³/mol. The number of halogens is 3. The Morgan fingerprint density at radius 3 is 2.73 bits per heavy atom. The second kappa shape index (κ2) is 9.02. The van der Waals surface area contributed by atoms with Crippen LogP contribution in [0.4, 0.5) is 14.5 Å². The van der Waals surface area contributed by atoms with Gasteiger partial charge < -0.3 is 15.4 Å². The van der Waals surface area contributed by atoms with Gasteiger partial charge in [-0.1, -0.05) is 17.7 Å².